The molecule has 0 spiro atoms. The van der Waals surface area contributed by atoms with Gasteiger partial charge in [-0.3, -0.25) is 14.7 Å². The minimum absolute atomic E-state index is 0.438. The van der Waals surface area contributed by atoms with Gasteiger partial charge < -0.3 is 5.10 Å². The Labute approximate surface area is 120 Å². The summed E-state index contributed by atoms with van der Waals surface area (Å²) in [6.45, 7) is 4.03. The van der Waals surface area contributed by atoms with Crippen molar-refractivity contribution in [3.05, 3.63) is 50.0 Å². The molecule has 2 aromatic rings. The van der Waals surface area contributed by atoms with E-state index in [0.29, 0.717) is 10.8 Å². The molecule has 0 saturated heterocycles. The first-order chi connectivity index (χ1) is 9.56. The first-order valence-corrected chi connectivity index (χ1v) is 7.53. The number of hydrogen-bond donors (Lipinski definition) is 2. The fourth-order valence-electron chi connectivity index (χ4n) is 2.21. The minimum atomic E-state index is -0.611. The van der Waals surface area contributed by atoms with Crippen LogP contribution in [-0.4, -0.2) is 15.4 Å². The molecule has 2 N–H and O–H groups in total. The summed E-state index contributed by atoms with van der Waals surface area (Å²) in [5.74, 6) is 0. The van der Waals surface area contributed by atoms with Crippen LogP contribution in [0.3, 0.4) is 0 Å². The van der Waals surface area contributed by atoms with Gasteiger partial charge in [-0.05, 0) is 49.4 Å². The Morgan fingerprint density at radius 1 is 1.15 bits per heavy atom. The topological polar surface area (TPSA) is 65.7 Å². The van der Waals surface area contributed by atoms with Gasteiger partial charge in [0.05, 0.1) is 5.56 Å². The molecule has 0 aliphatic heterocycles. The number of hydrogen-bond acceptors (Lipinski definition) is 3. The molecule has 0 unspecified atom stereocenters. The zero-order valence-corrected chi connectivity index (χ0v) is 12.3. The Balaban J connectivity index is 2.17. The summed E-state index contributed by atoms with van der Waals surface area (Å²) in [6, 6.07) is 4.12. The van der Waals surface area contributed by atoms with Crippen molar-refractivity contribution in [3.8, 4) is 11.1 Å². The van der Waals surface area contributed by atoms with Gasteiger partial charge in [-0.25, -0.2) is 0 Å². The second kappa shape index (κ2) is 4.98. The number of aromatic amines is 2. The van der Waals surface area contributed by atoms with Crippen molar-refractivity contribution in [2.45, 2.75) is 36.8 Å². The lowest BCUT2D eigenvalue weighted by Crippen LogP contribution is -2.28. The van der Waals surface area contributed by atoms with Crippen LogP contribution in [0, 0.1) is 13.8 Å². The molecule has 1 heterocycles. The molecule has 4 nitrogen and oxygen atoms in total. The van der Waals surface area contributed by atoms with Gasteiger partial charge >= 0.3 is 5.56 Å². The van der Waals surface area contributed by atoms with Gasteiger partial charge in [-0.2, -0.15) is 0 Å². The molecule has 0 atom stereocenters. The molecular formula is C15H16N2O2S. The number of nitrogens with one attached hydrogen (secondary N) is 2. The van der Waals surface area contributed by atoms with E-state index in [1.54, 1.807) is 6.20 Å². The fourth-order valence-corrected chi connectivity index (χ4v) is 3.48. The second-order valence-corrected chi connectivity index (χ2v) is 6.58. The highest BCUT2D eigenvalue weighted by Crippen LogP contribution is 2.42. The van der Waals surface area contributed by atoms with E-state index >= 15 is 0 Å². The number of benzene rings is 1. The first kappa shape index (κ1) is 13.2. The average Bonchev–Trinajstić information content (AvgIpc) is 3.21. The van der Waals surface area contributed by atoms with E-state index in [1.165, 1.54) is 17.7 Å². The molecule has 1 aliphatic carbocycles. The smallest absolute Gasteiger partial charge is 0.305 e. The predicted octanol–water partition coefficient (Wildman–Crippen LogP) is 2.60. The SMILES string of the molecule is Cc1cc(SC2CC2)c(C)c(-c2c[nH][nH]c(=O)c2=O)c1. The monoisotopic (exact) mass is 288 g/mol. The Hall–Kier alpha value is -1.75. The molecule has 1 fully saturated rings. The van der Waals surface area contributed by atoms with Crippen LogP contribution in [-0.2, 0) is 0 Å². The van der Waals surface area contributed by atoms with E-state index < -0.39 is 11.0 Å². The van der Waals surface area contributed by atoms with E-state index in [4.69, 9.17) is 0 Å². The molecule has 104 valence electrons. The summed E-state index contributed by atoms with van der Waals surface area (Å²) in [4.78, 5) is 24.7. The minimum Gasteiger partial charge on any atom is -0.305 e. The first-order valence-electron chi connectivity index (χ1n) is 6.65. The van der Waals surface area contributed by atoms with E-state index in [2.05, 4.69) is 16.3 Å². The molecule has 1 aromatic carbocycles. The number of aryl methyl sites for hydroxylation is 1. The predicted molar refractivity (Wildman–Crippen MR) is 81.5 cm³/mol. The second-order valence-electron chi connectivity index (χ2n) is 5.24. The van der Waals surface area contributed by atoms with Gasteiger partial charge in [-0.1, -0.05) is 6.07 Å². The molecular weight excluding hydrogens is 272 g/mol. The van der Waals surface area contributed by atoms with Crippen LogP contribution < -0.4 is 11.0 Å². The molecule has 0 amide bonds. The van der Waals surface area contributed by atoms with Crippen molar-refractivity contribution in [3.63, 3.8) is 0 Å². The summed E-state index contributed by atoms with van der Waals surface area (Å²) in [7, 11) is 0. The van der Waals surface area contributed by atoms with Gasteiger partial charge in [0.25, 0.3) is 5.43 Å². The van der Waals surface area contributed by atoms with Crippen molar-refractivity contribution < 1.29 is 0 Å². The van der Waals surface area contributed by atoms with Crippen LogP contribution in [0.2, 0.25) is 0 Å². The maximum atomic E-state index is 12.0. The largest absolute Gasteiger partial charge is 0.310 e. The van der Waals surface area contributed by atoms with Crippen molar-refractivity contribution in [1.82, 2.24) is 10.2 Å². The van der Waals surface area contributed by atoms with Crippen LogP contribution in [0.1, 0.15) is 24.0 Å². The molecule has 1 aliphatic rings. The average molecular weight is 288 g/mol. The van der Waals surface area contributed by atoms with Gasteiger partial charge in [0.15, 0.2) is 0 Å². The summed E-state index contributed by atoms with van der Waals surface area (Å²) in [5.41, 5.74) is 2.37. The van der Waals surface area contributed by atoms with E-state index in [1.807, 2.05) is 31.7 Å². The third kappa shape index (κ3) is 2.45. The van der Waals surface area contributed by atoms with E-state index in [0.717, 1.165) is 16.7 Å². The Bertz CT molecular complexity index is 772. The van der Waals surface area contributed by atoms with Gasteiger partial charge in [0.1, 0.15) is 0 Å². The van der Waals surface area contributed by atoms with Crippen LogP contribution in [0.15, 0.2) is 32.8 Å². The molecule has 0 bridgehead atoms. The summed E-state index contributed by atoms with van der Waals surface area (Å²) in [6.07, 6.45) is 4.09. The quantitative estimate of drug-likeness (QED) is 0.853. The summed E-state index contributed by atoms with van der Waals surface area (Å²) >= 11 is 1.87. The number of thioether (sulfide) groups is 1. The van der Waals surface area contributed by atoms with Crippen molar-refractivity contribution in [2.75, 3.05) is 0 Å². The molecule has 0 radical (unpaired) electrons. The van der Waals surface area contributed by atoms with E-state index in [-0.39, 0.29) is 0 Å². The van der Waals surface area contributed by atoms with E-state index in [9.17, 15) is 9.59 Å². The Morgan fingerprint density at radius 3 is 2.60 bits per heavy atom. The molecule has 5 heteroatoms. The third-order valence-electron chi connectivity index (χ3n) is 3.47. The summed E-state index contributed by atoms with van der Waals surface area (Å²) < 4.78 is 0. The highest BCUT2D eigenvalue weighted by atomic mass is 32.2. The van der Waals surface area contributed by atoms with Crippen molar-refractivity contribution in [1.29, 1.82) is 0 Å². The van der Waals surface area contributed by atoms with Crippen LogP contribution in [0.5, 0.6) is 0 Å². The highest BCUT2D eigenvalue weighted by molar-refractivity contribution is 8.00. The Morgan fingerprint density at radius 2 is 1.90 bits per heavy atom. The molecule has 1 saturated carbocycles. The molecule has 20 heavy (non-hydrogen) atoms. The number of aromatic nitrogens is 2. The maximum absolute atomic E-state index is 12.0. The van der Waals surface area contributed by atoms with Crippen LogP contribution in [0.4, 0.5) is 0 Å². The van der Waals surface area contributed by atoms with Gasteiger partial charge in [0.2, 0.25) is 0 Å². The maximum Gasteiger partial charge on any atom is 0.310 e. The number of rotatable bonds is 3. The third-order valence-corrected chi connectivity index (χ3v) is 4.95. The Kier molecular flexibility index (Phi) is 3.30. The lowest BCUT2D eigenvalue weighted by atomic mass is 10.00. The van der Waals surface area contributed by atoms with Gasteiger partial charge in [-0.15, -0.1) is 11.8 Å². The molecule has 1 aromatic heterocycles. The standard InChI is InChI=1S/C15H16N2O2S/c1-8-5-11(12-7-16-17-15(19)14(12)18)9(2)13(6-8)20-10-3-4-10/h5-7,10H,3-4H2,1-2H3,(H,16,18)(H,17,19). The lowest BCUT2D eigenvalue weighted by molar-refractivity contribution is 0.974. The lowest BCUT2D eigenvalue weighted by Gasteiger charge is -2.12. The highest BCUT2D eigenvalue weighted by Gasteiger charge is 2.24. The van der Waals surface area contributed by atoms with Crippen molar-refractivity contribution >= 4 is 11.8 Å². The number of H-pyrrole nitrogens is 2. The zero-order chi connectivity index (χ0) is 14.3. The summed E-state index contributed by atoms with van der Waals surface area (Å²) in [5, 5.41) is 5.65. The zero-order valence-electron chi connectivity index (χ0n) is 11.4. The van der Waals surface area contributed by atoms with Crippen LogP contribution >= 0.6 is 11.8 Å². The van der Waals surface area contributed by atoms with Gasteiger partial charge in [0, 0.05) is 16.3 Å². The fraction of sp³-hybridized carbons (Fsp3) is 0.333. The van der Waals surface area contributed by atoms with Crippen molar-refractivity contribution in [2.24, 2.45) is 0 Å². The van der Waals surface area contributed by atoms with Crippen LogP contribution in [0.25, 0.3) is 11.1 Å². The molecule has 3 rings (SSSR count). The normalized spacial score (nSPS) is 14.5.